The molecule has 36 heavy (non-hydrogen) atoms. The lowest BCUT2D eigenvalue weighted by atomic mass is 10.0. The highest BCUT2D eigenvalue weighted by molar-refractivity contribution is 6.31. The maximum Gasteiger partial charge on any atom is 0.243 e. The molecule has 2 amide bonds. The summed E-state index contributed by atoms with van der Waals surface area (Å²) >= 11 is 6.43. The fourth-order valence-corrected chi connectivity index (χ4v) is 4.94. The quantitative estimate of drug-likeness (QED) is 0.359. The molecule has 1 aliphatic carbocycles. The number of aryl methyl sites for hydroxylation is 1. The Morgan fingerprint density at radius 2 is 1.72 bits per heavy atom. The molecule has 0 aliphatic heterocycles. The van der Waals surface area contributed by atoms with E-state index in [1.54, 1.807) is 4.90 Å². The van der Waals surface area contributed by atoms with Crippen molar-refractivity contribution in [1.29, 1.82) is 0 Å². The highest BCUT2D eigenvalue weighted by atomic mass is 35.5. The lowest BCUT2D eigenvalue weighted by Crippen LogP contribution is -2.51. The van der Waals surface area contributed by atoms with Crippen molar-refractivity contribution < 1.29 is 19.1 Å². The molecule has 1 aliphatic rings. The third kappa shape index (κ3) is 7.63. The third-order valence-electron chi connectivity index (χ3n) is 6.62. The molecule has 6 nitrogen and oxygen atoms in total. The monoisotopic (exact) mass is 514 g/mol. The van der Waals surface area contributed by atoms with Crippen molar-refractivity contribution in [3.05, 3.63) is 58.6 Å². The van der Waals surface area contributed by atoms with Gasteiger partial charge in [0.15, 0.2) is 11.5 Å². The molecule has 0 saturated heterocycles. The minimum atomic E-state index is -0.548. The number of carbonyl (C=O) groups excluding carboxylic acids is 2. The molecule has 2 aromatic carbocycles. The molecule has 1 unspecified atom stereocenters. The SMILES string of the molecule is CCOc1ccc(CCC(=O)N(Cc2ccccc2Cl)C(CC)C(=O)NC2CCCC2)cc1OCC. The number of hydrogen-bond donors (Lipinski definition) is 1. The van der Waals surface area contributed by atoms with Crippen LogP contribution in [-0.4, -0.2) is 42.0 Å². The van der Waals surface area contributed by atoms with E-state index < -0.39 is 6.04 Å². The summed E-state index contributed by atoms with van der Waals surface area (Å²) in [5.74, 6) is 1.23. The van der Waals surface area contributed by atoms with Crippen LogP contribution in [0.2, 0.25) is 5.02 Å². The van der Waals surface area contributed by atoms with Crippen LogP contribution in [0.3, 0.4) is 0 Å². The van der Waals surface area contributed by atoms with E-state index in [9.17, 15) is 9.59 Å². The summed E-state index contributed by atoms with van der Waals surface area (Å²) in [6, 6.07) is 12.9. The van der Waals surface area contributed by atoms with E-state index in [1.165, 1.54) is 0 Å². The second kappa shape index (κ2) is 14.1. The number of carbonyl (C=O) groups is 2. The number of halogens is 1. The zero-order valence-electron chi connectivity index (χ0n) is 21.7. The second-order valence-corrected chi connectivity index (χ2v) is 9.58. The predicted molar refractivity (Wildman–Crippen MR) is 144 cm³/mol. The van der Waals surface area contributed by atoms with E-state index in [-0.39, 0.29) is 24.3 Å². The zero-order valence-corrected chi connectivity index (χ0v) is 22.5. The first kappa shape index (κ1) is 27.9. The van der Waals surface area contributed by atoms with Gasteiger partial charge in [0.2, 0.25) is 11.8 Å². The normalized spacial score (nSPS) is 14.3. The van der Waals surface area contributed by atoms with Crippen molar-refractivity contribution in [1.82, 2.24) is 10.2 Å². The minimum absolute atomic E-state index is 0.0739. The molecule has 1 saturated carbocycles. The van der Waals surface area contributed by atoms with Crippen LogP contribution < -0.4 is 14.8 Å². The van der Waals surface area contributed by atoms with E-state index in [0.717, 1.165) is 36.8 Å². The Morgan fingerprint density at radius 1 is 1.03 bits per heavy atom. The molecule has 0 radical (unpaired) electrons. The Morgan fingerprint density at radius 3 is 2.39 bits per heavy atom. The molecule has 0 spiro atoms. The molecule has 3 rings (SSSR count). The van der Waals surface area contributed by atoms with Gasteiger partial charge in [-0.3, -0.25) is 9.59 Å². The standard InChI is InChI=1S/C29H39ClN2O4/c1-4-25(29(34)31-23-12-8-9-13-23)32(20-22-11-7-10-14-24(22)30)28(33)18-16-21-15-17-26(35-5-2)27(19-21)36-6-3/h7,10-11,14-15,17,19,23,25H,4-6,8-9,12-13,16,18,20H2,1-3H3,(H,31,34). The first-order valence-electron chi connectivity index (χ1n) is 13.2. The van der Waals surface area contributed by atoms with Crippen molar-refractivity contribution in [2.45, 2.75) is 84.3 Å². The highest BCUT2D eigenvalue weighted by Crippen LogP contribution is 2.29. The number of ether oxygens (including phenoxy) is 2. The average Bonchev–Trinajstić information content (AvgIpc) is 3.38. The van der Waals surface area contributed by atoms with E-state index in [2.05, 4.69) is 5.32 Å². The third-order valence-corrected chi connectivity index (χ3v) is 6.99. The predicted octanol–water partition coefficient (Wildman–Crippen LogP) is 5.94. The summed E-state index contributed by atoms with van der Waals surface area (Å²) in [6.07, 6.45) is 5.61. The molecule has 0 aromatic heterocycles. The molecule has 2 aromatic rings. The Hall–Kier alpha value is -2.73. The van der Waals surface area contributed by atoms with Crippen LogP contribution in [0.1, 0.15) is 70.4 Å². The fourth-order valence-electron chi connectivity index (χ4n) is 4.74. The second-order valence-electron chi connectivity index (χ2n) is 9.17. The molecular formula is C29H39ClN2O4. The molecule has 0 heterocycles. The summed E-state index contributed by atoms with van der Waals surface area (Å²) in [7, 11) is 0. The van der Waals surface area contributed by atoms with Gasteiger partial charge in [-0.2, -0.15) is 0 Å². The lowest BCUT2D eigenvalue weighted by molar-refractivity contribution is -0.141. The van der Waals surface area contributed by atoms with Crippen molar-refractivity contribution >= 4 is 23.4 Å². The number of benzene rings is 2. The maximum atomic E-state index is 13.6. The van der Waals surface area contributed by atoms with Crippen LogP contribution in [0.25, 0.3) is 0 Å². The van der Waals surface area contributed by atoms with Crippen molar-refractivity contribution in [3.8, 4) is 11.5 Å². The van der Waals surface area contributed by atoms with Crippen LogP contribution in [0.15, 0.2) is 42.5 Å². The van der Waals surface area contributed by atoms with Gasteiger partial charge in [0.1, 0.15) is 6.04 Å². The van der Waals surface area contributed by atoms with Crippen molar-refractivity contribution in [2.24, 2.45) is 0 Å². The van der Waals surface area contributed by atoms with E-state index in [0.29, 0.717) is 49.1 Å². The molecule has 0 bridgehead atoms. The smallest absolute Gasteiger partial charge is 0.243 e. The summed E-state index contributed by atoms with van der Waals surface area (Å²) in [5.41, 5.74) is 1.82. The Kier molecular flexibility index (Phi) is 10.9. The fraction of sp³-hybridized carbons (Fsp3) is 0.517. The summed E-state index contributed by atoms with van der Waals surface area (Å²) in [4.78, 5) is 28.6. The van der Waals surface area contributed by atoms with Gasteiger partial charge in [-0.25, -0.2) is 0 Å². The van der Waals surface area contributed by atoms with E-state index in [4.69, 9.17) is 21.1 Å². The molecule has 1 atom stereocenters. The van der Waals surface area contributed by atoms with Crippen LogP contribution in [0.4, 0.5) is 0 Å². The van der Waals surface area contributed by atoms with Crippen LogP contribution in [-0.2, 0) is 22.6 Å². The number of nitrogens with one attached hydrogen (secondary N) is 1. The Bertz CT molecular complexity index is 1010. The molecule has 1 fully saturated rings. The first-order valence-corrected chi connectivity index (χ1v) is 13.6. The maximum absolute atomic E-state index is 13.6. The first-order chi connectivity index (χ1) is 17.5. The molecule has 7 heteroatoms. The Balaban J connectivity index is 1.77. The molecule has 196 valence electrons. The summed E-state index contributed by atoms with van der Waals surface area (Å²) < 4.78 is 11.4. The number of nitrogens with zero attached hydrogens (tertiary/aromatic N) is 1. The van der Waals surface area contributed by atoms with Gasteiger partial charge in [-0.15, -0.1) is 0 Å². The number of hydrogen-bond acceptors (Lipinski definition) is 4. The highest BCUT2D eigenvalue weighted by Gasteiger charge is 2.30. The Labute approximate surface area is 220 Å². The summed E-state index contributed by atoms with van der Waals surface area (Å²) in [5, 5.41) is 3.77. The minimum Gasteiger partial charge on any atom is -0.490 e. The van der Waals surface area contributed by atoms with Gasteiger partial charge in [-0.1, -0.05) is 55.6 Å². The van der Waals surface area contributed by atoms with E-state index in [1.807, 2.05) is 63.2 Å². The van der Waals surface area contributed by atoms with Crippen molar-refractivity contribution in [2.75, 3.05) is 13.2 Å². The van der Waals surface area contributed by atoms with Crippen LogP contribution in [0.5, 0.6) is 11.5 Å². The van der Waals surface area contributed by atoms with Crippen molar-refractivity contribution in [3.63, 3.8) is 0 Å². The summed E-state index contributed by atoms with van der Waals surface area (Å²) in [6.45, 7) is 7.19. The zero-order chi connectivity index (χ0) is 25.9. The van der Waals surface area contributed by atoms with Gasteiger partial charge in [0, 0.05) is 24.0 Å². The number of amides is 2. The van der Waals surface area contributed by atoms with E-state index >= 15 is 0 Å². The van der Waals surface area contributed by atoms with Crippen LogP contribution in [0, 0.1) is 0 Å². The van der Waals surface area contributed by atoms with Crippen LogP contribution >= 0.6 is 11.6 Å². The van der Waals surface area contributed by atoms with Gasteiger partial charge in [-0.05, 0) is 68.9 Å². The van der Waals surface area contributed by atoms with Gasteiger partial charge in [0.25, 0.3) is 0 Å². The topological polar surface area (TPSA) is 67.9 Å². The lowest BCUT2D eigenvalue weighted by Gasteiger charge is -2.32. The largest absolute Gasteiger partial charge is 0.490 e. The van der Waals surface area contributed by atoms with Gasteiger partial charge in [0.05, 0.1) is 13.2 Å². The molecule has 1 N–H and O–H groups in total. The van der Waals surface area contributed by atoms with Gasteiger partial charge < -0.3 is 19.7 Å². The van der Waals surface area contributed by atoms with Gasteiger partial charge >= 0.3 is 0 Å². The number of rotatable bonds is 13. The molecular weight excluding hydrogens is 476 g/mol. The average molecular weight is 515 g/mol.